The zero-order chi connectivity index (χ0) is 14.4. The van der Waals surface area contributed by atoms with E-state index in [2.05, 4.69) is 29.1 Å². The summed E-state index contributed by atoms with van der Waals surface area (Å²) in [6, 6.07) is 5.85. The van der Waals surface area contributed by atoms with Gasteiger partial charge in [-0.2, -0.15) is 0 Å². The van der Waals surface area contributed by atoms with Crippen molar-refractivity contribution in [2.75, 3.05) is 13.2 Å². The molecule has 2 aromatic heterocycles. The summed E-state index contributed by atoms with van der Waals surface area (Å²) in [5.74, 6) is 0. The van der Waals surface area contributed by atoms with Crippen molar-refractivity contribution in [3.8, 4) is 10.7 Å². The number of thiazole rings is 1. The van der Waals surface area contributed by atoms with Gasteiger partial charge in [0.05, 0.1) is 5.69 Å². The highest BCUT2D eigenvalue weighted by atomic mass is 32.1. The van der Waals surface area contributed by atoms with E-state index < -0.39 is 0 Å². The Balaban J connectivity index is 1.88. The molecular weight excluding hydrogens is 270 g/mol. The first-order valence-corrected chi connectivity index (χ1v) is 7.60. The number of pyridine rings is 1. The molecule has 20 heavy (non-hydrogen) atoms. The summed E-state index contributed by atoms with van der Waals surface area (Å²) in [4.78, 5) is 9.92. The molecule has 4 nitrogen and oxygen atoms in total. The Bertz CT molecular complexity index is 525. The average molecular weight is 291 g/mol. The van der Waals surface area contributed by atoms with Crippen LogP contribution in [0.5, 0.6) is 0 Å². The first kappa shape index (κ1) is 15.1. The highest BCUT2D eigenvalue weighted by Crippen LogP contribution is 2.23. The van der Waals surface area contributed by atoms with Crippen LogP contribution in [0.15, 0.2) is 30.6 Å². The minimum Gasteiger partial charge on any atom is -0.396 e. The number of rotatable bonds is 7. The van der Waals surface area contributed by atoms with Gasteiger partial charge in [0.1, 0.15) is 5.01 Å². The minimum absolute atomic E-state index is 0.114. The van der Waals surface area contributed by atoms with E-state index in [4.69, 9.17) is 5.11 Å². The largest absolute Gasteiger partial charge is 0.396 e. The van der Waals surface area contributed by atoms with Gasteiger partial charge in [0, 0.05) is 37.0 Å². The monoisotopic (exact) mass is 291 g/mol. The molecule has 0 radical (unpaired) electrons. The normalized spacial score (nSPS) is 11.8. The Hall–Kier alpha value is -1.30. The molecule has 0 aromatic carbocycles. The van der Waals surface area contributed by atoms with Crippen LogP contribution < -0.4 is 5.32 Å². The molecule has 0 atom stereocenters. The van der Waals surface area contributed by atoms with E-state index in [1.54, 1.807) is 17.5 Å². The van der Waals surface area contributed by atoms with E-state index in [-0.39, 0.29) is 12.0 Å². The number of aliphatic hydroxyl groups is 1. The Morgan fingerprint density at radius 2 is 2.15 bits per heavy atom. The van der Waals surface area contributed by atoms with Crippen molar-refractivity contribution in [3.63, 3.8) is 0 Å². The molecule has 0 bridgehead atoms. The molecule has 5 heteroatoms. The third-order valence-electron chi connectivity index (χ3n) is 3.13. The molecule has 0 aliphatic carbocycles. The van der Waals surface area contributed by atoms with Crippen LogP contribution in [0.2, 0.25) is 0 Å². The molecule has 0 spiro atoms. The van der Waals surface area contributed by atoms with Gasteiger partial charge in [-0.15, -0.1) is 11.3 Å². The van der Waals surface area contributed by atoms with Gasteiger partial charge in [-0.05, 0) is 24.0 Å². The highest BCUT2D eigenvalue weighted by molar-refractivity contribution is 7.14. The quantitative estimate of drug-likeness (QED) is 0.823. The summed E-state index contributed by atoms with van der Waals surface area (Å²) in [7, 11) is 0. The molecule has 0 saturated heterocycles. The molecule has 0 unspecified atom stereocenters. The van der Waals surface area contributed by atoms with Crippen LogP contribution >= 0.6 is 11.3 Å². The van der Waals surface area contributed by atoms with Crippen molar-refractivity contribution in [2.24, 2.45) is 5.41 Å². The van der Waals surface area contributed by atoms with Crippen molar-refractivity contribution < 1.29 is 5.11 Å². The second kappa shape index (κ2) is 6.92. The Morgan fingerprint density at radius 1 is 1.30 bits per heavy atom. The topological polar surface area (TPSA) is 58.0 Å². The number of hydrogen-bond acceptors (Lipinski definition) is 5. The summed E-state index contributed by atoms with van der Waals surface area (Å²) in [5.41, 5.74) is 1.04. The smallest absolute Gasteiger partial charge is 0.142 e. The fraction of sp³-hybridized carbons (Fsp3) is 0.467. The zero-order valence-electron chi connectivity index (χ0n) is 12.0. The molecule has 0 saturated carbocycles. The van der Waals surface area contributed by atoms with Gasteiger partial charge in [0.25, 0.3) is 0 Å². The van der Waals surface area contributed by atoms with Crippen LogP contribution in [-0.4, -0.2) is 28.2 Å². The standard InChI is InChI=1S/C15H21N3OS/c1-15(2,6-8-19)11-16-9-12-10-18-14(20-12)13-5-3-4-7-17-13/h3-5,7,10,16,19H,6,8-9,11H2,1-2H3. The molecule has 0 aliphatic heterocycles. The maximum atomic E-state index is 9.00. The second-order valence-electron chi connectivity index (χ2n) is 5.59. The van der Waals surface area contributed by atoms with Gasteiger partial charge in [0.15, 0.2) is 0 Å². The lowest BCUT2D eigenvalue weighted by Crippen LogP contribution is -2.29. The van der Waals surface area contributed by atoms with Gasteiger partial charge in [-0.3, -0.25) is 4.98 Å². The summed E-state index contributed by atoms with van der Waals surface area (Å²) in [6.45, 7) is 6.23. The lowest BCUT2D eigenvalue weighted by Gasteiger charge is -2.23. The fourth-order valence-corrected chi connectivity index (χ4v) is 2.77. The number of hydrogen-bond donors (Lipinski definition) is 2. The summed E-state index contributed by atoms with van der Waals surface area (Å²) in [5, 5.41) is 13.4. The second-order valence-corrected chi connectivity index (χ2v) is 6.70. The van der Waals surface area contributed by atoms with Crippen molar-refractivity contribution in [3.05, 3.63) is 35.5 Å². The summed E-state index contributed by atoms with van der Waals surface area (Å²) in [6.07, 6.45) is 4.49. The summed E-state index contributed by atoms with van der Waals surface area (Å²) < 4.78 is 0. The van der Waals surface area contributed by atoms with E-state index in [0.29, 0.717) is 0 Å². The number of aliphatic hydroxyl groups excluding tert-OH is 1. The van der Waals surface area contributed by atoms with Gasteiger partial charge < -0.3 is 10.4 Å². The maximum Gasteiger partial charge on any atom is 0.142 e. The Morgan fingerprint density at radius 3 is 2.85 bits per heavy atom. The zero-order valence-corrected chi connectivity index (χ0v) is 12.8. The van der Waals surface area contributed by atoms with Gasteiger partial charge in [-0.25, -0.2) is 4.98 Å². The van der Waals surface area contributed by atoms with Crippen LogP contribution in [-0.2, 0) is 6.54 Å². The fourth-order valence-electron chi connectivity index (χ4n) is 1.91. The van der Waals surface area contributed by atoms with E-state index in [0.717, 1.165) is 30.2 Å². The third-order valence-corrected chi connectivity index (χ3v) is 4.15. The lowest BCUT2D eigenvalue weighted by atomic mass is 9.90. The Labute approximate surface area is 123 Å². The predicted molar refractivity (Wildman–Crippen MR) is 82.5 cm³/mol. The molecule has 2 rings (SSSR count). The van der Waals surface area contributed by atoms with Gasteiger partial charge in [0.2, 0.25) is 0 Å². The molecule has 108 valence electrons. The third kappa shape index (κ3) is 4.37. The van der Waals surface area contributed by atoms with Crippen LogP contribution in [0.4, 0.5) is 0 Å². The van der Waals surface area contributed by atoms with Crippen molar-refractivity contribution in [1.29, 1.82) is 0 Å². The average Bonchev–Trinajstić information content (AvgIpc) is 2.88. The molecule has 0 fully saturated rings. The number of nitrogens with zero attached hydrogens (tertiary/aromatic N) is 2. The number of nitrogens with one attached hydrogen (secondary N) is 1. The molecule has 2 aromatic rings. The van der Waals surface area contributed by atoms with Crippen molar-refractivity contribution in [2.45, 2.75) is 26.8 Å². The van der Waals surface area contributed by atoms with Crippen molar-refractivity contribution >= 4 is 11.3 Å². The van der Waals surface area contributed by atoms with Gasteiger partial charge in [-0.1, -0.05) is 19.9 Å². The number of aromatic nitrogens is 2. The molecular formula is C15H21N3OS. The van der Waals surface area contributed by atoms with Crippen LogP contribution in [0.3, 0.4) is 0 Å². The summed E-state index contributed by atoms with van der Waals surface area (Å²) >= 11 is 1.66. The first-order chi connectivity index (χ1) is 9.61. The van der Waals surface area contributed by atoms with Crippen LogP contribution in [0.25, 0.3) is 10.7 Å². The SMILES string of the molecule is CC(C)(CCO)CNCc1cnc(-c2ccccn2)s1. The van der Waals surface area contributed by atoms with E-state index in [9.17, 15) is 0 Å². The van der Waals surface area contributed by atoms with Crippen LogP contribution in [0.1, 0.15) is 25.1 Å². The minimum atomic E-state index is 0.114. The first-order valence-electron chi connectivity index (χ1n) is 6.78. The lowest BCUT2D eigenvalue weighted by molar-refractivity contribution is 0.207. The van der Waals surface area contributed by atoms with Gasteiger partial charge >= 0.3 is 0 Å². The predicted octanol–water partition coefficient (Wildman–Crippen LogP) is 2.70. The molecule has 0 aliphatic rings. The molecule has 2 heterocycles. The van der Waals surface area contributed by atoms with E-state index in [1.165, 1.54) is 4.88 Å². The van der Waals surface area contributed by atoms with Crippen molar-refractivity contribution in [1.82, 2.24) is 15.3 Å². The van der Waals surface area contributed by atoms with Crippen LogP contribution in [0, 0.1) is 5.41 Å². The maximum absolute atomic E-state index is 9.00. The molecule has 0 amide bonds. The molecule has 2 N–H and O–H groups in total. The Kier molecular flexibility index (Phi) is 5.23. The van der Waals surface area contributed by atoms with E-state index in [1.807, 2.05) is 24.4 Å². The van der Waals surface area contributed by atoms with E-state index >= 15 is 0 Å². The highest BCUT2D eigenvalue weighted by Gasteiger charge is 2.16.